The minimum Gasteiger partial charge on any atom is -0.386 e. The Labute approximate surface area is 78.8 Å². The summed E-state index contributed by atoms with van der Waals surface area (Å²) in [5.74, 6) is 0. The maximum atomic E-state index is 9.94. The third-order valence-electron chi connectivity index (χ3n) is 2.25. The standard InChI is InChI=1S/C10H17NO2/c1-2-11-8-7-10(13)6-4-3-5-9(10)12/h3-6,9,11-13H,2,7-8H2,1H3. The van der Waals surface area contributed by atoms with Crippen molar-refractivity contribution in [3.05, 3.63) is 24.3 Å². The van der Waals surface area contributed by atoms with E-state index in [2.05, 4.69) is 5.32 Å². The van der Waals surface area contributed by atoms with E-state index in [1.165, 1.54) is 0 Å². The molecule has 2 unspecified atom stereocenters. The van der Waals surface area contributed by atoms with Crippen molar-refractivity contribution in [3.8, 4) is 0 Å². The minimum atomic E-state index is -1.09. The summed E-state index contributed by atoms with van der Waals surface area (Å²) in [5.41, 5.74) is -1.09. The highest BCUT2D eigenvalue weighted by Crippen LogP contribution is 2.21. The molecule has 74 valence electrons. The molecule has 0 radical (unpaired) electrons. The van der Waals surface area contributed by atoms with Crippen LogP contribution in [0.4, 0.5) is 0 Å². The predicted octanol–water partition coefficient (Wildman–Crippen LogP) is 0.204. The molecule has 0 saturated carbocycles. The van der Waals surface area contributed by atoms with Gasteiger partial charge in [0.1, 0.15) is 11.7 Å². The minimum absolute atomic E-state index is 0.531. The molecular formula is C10H17NO2. The summed E-state index contributed by atoms with van der Waals surface area (Å²) in [5, 5.41) is 22.6. The van der Waals surface area contributed by atoms with Gasteiger partial charge in [0.05, 0.1) is 0 Å². The summed E-state index contributed by atoms with van der Waals surface area (Å²) >= 11 is 0. The molecule has 1 aliphatic carbocycles. The van der Waals surface area contributed by atoms with Crippen LogP contribution >= 0.6 is 0 Å². The molecule has 0 amide bonds. The van der Waals surface area contributed by atoms with E-state index in [1.54, 1.807) is 24.3 Å². The second kappa shape index (κ2) is 4.56. The maximum Gasteiger partial charge on any atom is 0.114 e. The first kappa shape index (κ1) is 10.4. The summed E-state index contributed by atoms with van der Waals surface area (Å²) < 4.78 is 0. The van der Waals surface area contributed by atoms with Gasteiger partial charge in [-0.15, -0.1) is 0 Å². The molecule has 0 aliphatic heterocycles. The van der Waals surface area contributed by atoms with Gasteiger partial charge in [-0.25, -0.2) is 0 Å². The zero-order valence-corrected chi connectivity index (χ0v) is 7.90. The smallest absolute Gasteiger partial charge is 0.114 e. The van der Waals surface area contributed by atoms with E-state index in [0.29, 0.717) is 13.0 Å². The molecule has 1 aliphatic rings. The molecular weight excluding hydrogens is 166 g/mol. The first-order chi connectivity index (χ1) is 6.19. The van der Waals surface area contributed by atoms with Crippen LogP contribution in [-0.2, 0) is 0 Å². The van der Waals surface area contributed by atoms with Crippen molar-refractivity contribution in [2.24, 2.45) is 0 Å². The molecule has 0 aromatic carbocycles. The first-order valence-electron chi connectivity index (χ1n) is 4.66. The number of aliphatic hydroxyl groups excluding tert-OH is 1. The average molecular weight is 183 g/mol. The van der Waals surface area contributed by atoms with Crippen molar-refractivity contribution in [1.29, 1.82) is 0 Å². The Bertz CT molecular complexity index is 213. The van der Waals surface area contributed by atoms with Crippen LogP contribution in [0.15, 0.2) is 24.3 Å². The van der Waals surface area contributed by atoms with Crippen LogP contribution in [0, 0.1) is 0 Å². The quantitative estimate of drug-likeness (QED) is 0.546. The zero-order valence-electron chi connectivity index (χ0n) is 7.90. The van der Waals surface area contributed by atoms with Gasteiger partial charge in [-0.3, -0.25) is 0 Å². The lowest BCUT2D eigenvalue weighted by atomic mass is 9.89. The monoisotopic (exact) mass is 183 g/mol. The van der Waals surface area contributed by atoms with E-state index >= 15 is 0 Å². The first-order valence-corrected chi connectivity index (χ1v) is 4.66. The largest absolute Gasteiger partial charge is 0.386 e. The molecule has 0 aromatic heterocycles. The van der Waals surface area contributed by atoms with Crippen LogP contribution in [0.25, 0.3) is 0 Å². The highest BCUT2D eigenvalue weighted by atomic mass is 16.3. The highest BCUT2D eigenvalue weighted by Gasteiger charge is 2.31. The van der Waals surface area contributed by atoms with Gasteiger partial charge in [0.25, 0.3) is 0 Å². The fourth-order valence-electron chi connectivity index (χ4n) is 1.35. The van der Waals surface area contributed by atoms with E-state index in [-0.39, 0.29) is 0 Å². The summed E-state index contributed by atoms with van der Waals surface area (Å²) in [6.45, 7) is 3.60. The molecule has 2 atom stereocenters. The van der Waals surface area contributed by atoms with Gasteiger partial charge in [-0.1, -0.05) is 31.2 Å². The van der Waals surface area contributed by atoms with Gasteiger partial charge in [-0.2, -0.15) is 0 Å². The summed E-state index contributed by atoms with van der Waals surface area (Å²) in [6.07, 6.45) is 6.51. The fraction of sp³-hybridized carbons (Fsp3) is 0.600. The van der Waals surface area contributed by atoms with E-state index in [9.17, 15) is 10.2 Å². The molecule has 0 heterocycles. The van der Waals surface area contributed by atoms with Crippen LogP contribution in [-0.4, -0.2) is 35.0 Å². The predicted molar refractivity (Wildman–Crippen MR) is 52.4 cm³/mol. The SMILES string of the molecule is CCNCCC1(O)C=CC=CC1O. The summed E-state index contributed by atoms with van der Waals surface area (Å²) in [7, 11) is 0. The van der Waals surface area contributed by atoms with Gasteiger partial charge in [0.15, 0.2) is 0 Å². The Hall–Kier alpha value is -0.640. The Morgan fingerprint density at radius 3 is 2.85 bits per heavy atom. The second-order valence-corrected chi connectivity index (χ2v) is 3.28. The van der Waals surface area contributed by atoms with Crippen LogP contribution in [0.5, 0.6) is 0 Å². The Kier molecular flexibility index (Phi) is 3.66. The van der Waals surface area contributed by atoms with Gasteiger partial charge in [0.2, 0.25) is 0 Å². The Balaban J connectivity index is 2.45. The molecule has 1 rings (SSSR count). The van der Waals surface area contributed by atoms with E-state index in [0.717, 1.165) is 6.54 Å². The van der Waals surface area contributed by atoms with Crippen molar-refractivity contribution in [3.63, 3.8) is 0 Å². The second-order valence-electron chi connectivity index (χ2n) is 3.28. The van der Waals surface area contributed by atoms with Crippen molar-refractivity contribution in [1.82, 2.24) is 5.32 Å². The van der Waals surface area contributed by atoms with E-state index in [1.807, 2.05) is 6.92 Å². The molecule has 0 saturated heterocycles. The van der Waals surface area contributed by atoms with Crippen molar-refractivity contribution < 1.29 is 10.2 Å². The zero-order chi connectivity index (χ0) is 9.73. The molecule has 13 heavy (non-hydrogen) atoms. The number of nitrogens with one attached hydrogen (secondary N) is 1. The number of hydrogen-bond acceptors (Lipinski definition) is 3. The molecule has 3 nitrogen and oxygen atoms in total. The molecule has 0 aromatic rings. The van der Waals surface area contributed by atoms with Gasteiger partial charge in [-0.05, 0) is 19.5 Å². The van der Waals surface area contributed by atoms with Crippen LogP contribution in [0.3, 0.4) is 0 Å². The van der Waals surface area contributed by atoms with Crippen molar-refractivity contribution in [2.75, 3.05) is 13.1 Å². The molecule has 0 bridgehead atoms. The summed E-state index contributed by atoms with van der Waals surface area (Å²) in [6, 6.07) is 0. The number of allylic oxidation sites excluding steroid dienone is 2. The fourth-order valence-corrected chi connectivity index (χ4v) is 1.35. The Morgan fingerprint density at radius 1 is 1.46 bits per heavy atom. The van der Waals surface area contributed by atoms with Gasteiger partial charge in [0, 0.05) is 0 Å². The van der Waals surface area contributed by atoms with Crippen molar-refractivity contribution in [2.45, 2.75) is 25.0 Å². The van der Waals surface area contributed by atoms with Gasteiger partial charge < -0.3 is 15.5 Å². The lowest BCUT2D eigenvalue weighted by Gasteiger charge is -2.30. The maximum absolute atomic E-state index is 9.94. The Morgan fingerprint density at radius 2 is 2.23 bits per heavy atom. The third kappa shape index (κ3) is 2.66. The lowest BCUT2D eigenvalue weighted by Crippen LogP contribution is -2.42. The average Bonchev–Trinajstić information content (AvgIpc) is 2.11. The number of rotatable bonds is 4. The van der Waals surface area contributed by atoms with Crippen LogP contribution in [0.1, 0.15) is 13.3 Å². The van der Waals surface area contributed by atoms with Crippen LogP contribution < -0.4 is 5.32 Å². The summed E-state index contributed by atoms with van der Waals surface area (Å²) in [4.78, 5) is 0. The van der Waals surface area contributed by atoms with E-state index < -0.39 is 11.7 Å². The van der Waals surface area contributed by atoms with Crippen molar-refractivity contribution >= 4 is 0 Å². The number of hydrogen-bond donors (Lipinski definition) is 3. The molecule has 0 spiro atoms. The van der Waals surface area contributed by atoms with Crippen LogP contribution in [0.2, 0.25) is 0 Å². The topological polar surface area (TPSA) is 52.5 Å². The molecule has 3 N–H and O–H groups in total. The number of aliphatic hydroxyl groups is 2. The lowest BCUT2D eigenvalue weighted by molar-refractivity contribution is -0.0207. The normalized spacial score (nSPS) is 32.4. The third-order valence-corrected chi connectivity index (χ3v) is 2.25. The molecule has 3 heteroatoms. The van der Waals surface area contributed by atoms with E-state index in [4.69, 9.17) is 0 Å². The highest BCUT2D eigenvalue weighted by molar-refractivity contribution is 5.22. The molecule has 0 fully saturated rings. The van der Waals surface area contributed by atoms with Gasteiger partial charge >= 0.3 is 0 Å².